The van der Waals surface area contributed by atoms with E-state index in [2.05, 4.69) is 6.92 Å². The van der Waals surface area contributed by atoms with E-state index in [9.17, 15) is 8.42 Å². The first-order valence-corrected chi connectivity index (χ1v) is 11.9. The molecule has 0 fully saturated rings. The Morgan fingerprint density at radius 3 is 1.76 bits per heavy atom. The zero-order valence-electron chi connectivity index (χ0n) is 17.7. The van der Waals surface area contributed by atoms with Crippen molar-refractivity contribution in [2.75, 3.05) is 46.1 Å². The highest BCUT2D eigenvalue weighted by Gasteiger charge is 2.13. The van der Waals surface area contributed by atoms with E-state index < -0.39 is 10.1 Å². The van der Waals surface area contributed by atoms with Crippen molar-refractivity contribution >= 4 is 10.1 Å². The fourth-order valence-electron chi connectivity index (χ4n) is 2.64. The summed E-state index contributed by atoms with van der Waals surface area (Å²) in [6.45, 7) is 4.23. The van der Waals surface area contributed by atoms with Gasteiger partial charge in [0.1, 0.15) is 0 Å². The van der Waals surface area contributed by atoms with Gasteiger partial charge in [-0.25, -0.2) is 0 Å². The third-order valence-corrected chi connectivity index (χ3v) is 5.59. The number of nitrogens with zero attached hydrogens (tertiary/aromatic N) is 1. The molecule has 0 saturated heterocycles. The third kappa shape index (κ3) is 15.5. The van der Waals surface area contributed by atoms with Crippen molar-refractivity contribution < 1.29 is 27.9 Å². The summed E-state index contributed by atoms with van der Waals surface area (Å²) in [7, 11) is -3.56. The van der Waals surface area contributed by atoms with Crippen molar-refractivity contribution in [1.82, 2.24) is 4.90 Å². The first kappa shape index (κ1) is 28.0. The molecule has 8 heteroatoms. The molecular formula is C21H39NO6S. The molecule has 0 atom stereocenters. The van der Waals surface area contributed by atoms with E-state index in [1.165, 1.54) is 25.7 Å². The van der Waals surface area contributed by atoms with Gasteiger partial charge in [-0.05, 0) is 18.6 Å². The molecule has 0 unspecified atom stereocenters. The Morgan fingerprint density at radius 2 is 1.28 bits per heavy atom. The van der Waals surface area contributed by atoms with E-state index in [-0.39, 0.29) is 31.3 Å². The Bertz CT molecular complexity index is 554. The predicted octanol–water partition coefficient (Wildman–Crippen LogP) is 2.41. The van der Waals surface area contributed by atoms with Gasteiger partial charge in [-0.3, -0.25) is 9.08 Å². The SMILES string of the molecule is CCCCCCCCCOS(=O)(=O)c1ccccc1.OCCN(CCO)CCO. The van der Waals surface area contributed by atoms with Gasteiger partial charge in [0.05, 0.1) is 31.3 Å². The van der Waals surface area contributed by atoms with E-state index in [1.807, 2.05) is 0 Å². The molecule has 0 spiro atoms. The summed E-state index contributed by atoms with van der Waals surface area (Å²) in [5.41, 5.74) is 0. The number of rotatable bonds is 16. The van der Waals surface area contributed by atoms with Crippen LogP contribution in [-0.4, -0.2) is 74.7 Å². The number of aliphatic hydroxyl groups is 3. The summed E-state index contributed by atoms with van der Waals surface area (Å²) in [6.07, 6.45) is 8.05. The molecule has 0 amide bonds. The number of unbranched alkanes of at least 4 members (excludes halogenated alkanes) is 6. The lowest BCUT2D eigenvalue weighted by atomic mass is 10.1. The molecule has 0 bridgehead atoms. The standard InChI is InChI=1S/C15H24O3S.C6H15NO3/c1-2-3-4-5-6-7-11-14-18-19(16,17)15-12-9-8-10-13-15;8-4-1-7(2-5-9)3-6-10/h8-10,12-13H,2-7,11,14H2,1H3;8-10H,1-6H2. The van der Waals surface area contributed by atoms with Crippen molar-refractivity contribution in [2.24, 2.45) is 0 Å². The fraction of sp³-hybridized carbons (Fsp3) is 0.714. The van der Waals surface area contributed by atoms with Crippen LogP contribution in [0.15, 0.2) is 35.2 Å². The van der Waals surface area contributed by atoms with E-state index in [0.717, 1.165) is 19.3 Å². The molecule has 0 saturated carbocycles. The summed E-state index contributed by atoms with van der Waals surface area (Å²) in [4.78, 5) is 2.03. The minimum absolute atomic E-state index is 0.0694. The molecule has 1 rings (SSSR count). The molecule has 0 aliphatic rings. The average Bonchev–Trinajstić information content (AvgIpc) is 2.72. The van der Waals surface area contributed by atoms with E-state index in [1.54, 1.807) is 35.2 Å². The second kappa shape index (κ2) is 19.0. The van der Waals surface area contributed by atoms with Gasteiger partial charge in [0, 0.05) is 19.6 Å². The number of hydrogen-bond donors (Lipinski definition) is 3. The monoisotopic (exact) mass is 433 g/mol. The highest BCUT2D eigenvalue weighted by atomic mass is 32.2. The number of benzene rings is 1. The van der Waals surface area contributed by atoms with Crippen LogP contribution in [0.3, 0.4) is 0 Å². The number of hydrogen-bond acceptors (Lipinski definition) is 7. The molecule has 0 aromatic heterocycles. The predicted molar refractivity (Wildman–Crippen MR) is 115 cm³/mol. The van der Waals surface area contributed by atoms with Crippen LogP contribution < -0.4 is 0 Å². The van der Waals surface area contributed by atoms with Crippen LogP contribution in [0.25, 0.3) is 0 Å². The van der Waals surface area contributed by atoms with Crippen LogP contribution in [0.1, 0.15) is 51.9 Å². The molecule has 7 nitrogen and oxygen atoms in total. The number of aliphatic hydroxyl groups excluding tert-OH is 3. The summed E-state index contributed by atoms with van der Waals surface area (Å²) < 4.78 is 28.6. The fourth-order valence-corrected chi connectivity index (χ4v) is 3.61. The first-order valence-electron chi connectivity index (χ1n) is 10.5. The van der Waals surface area contributed by atoms with Crippen LogP contribution in [0.2, 0.25) is 0 Å². The molecule has 1 aromatic rings. The summed E-state index contributed by atoms with van der Waals surface area (Å²) in [5, 5.41) is 25.5. The van der Waals surface area contributed by atoms with Gasteiger partial charge in [0.2, 0.25) is 0 Å². The molecular weight excluding hydrogens is 394 g/mol. The minimum Gasteiger partial charge on any atom is -0.395 e. The Labute approximate surface area is 176 Å². The minimum atomic E-state index is -3.56. The van der Waals surface area contributed by atoms with Gasteiger partial charge in [0.15, 0.2) is 0 Å². The van der Waals surface area contributed by atoms with Crippen LogP contribution in [0.4, 0.5) is 0 Å². The van der Waals surface area contributed by atoms with Crippen LogP contribution >= 0.6 is 0 Å². The van der Waals surface area contributed by atoms with Crippen LogP contribution in [0.5, 0.6) is 0 Å². The Hall–Kier alpha value is -1.03. The van der Waals surface area contributed by atoms with Crippen LogP contribution in [-0.2, 0) is 14.3 Å². The molecule has 0 aliphatic heterocycles. The first-order chi connectivity index (χ1) is 14.0. The molecule has 0 heterocycles. The Balaban J connectivity index is 0.000000665. The van der Waals surface area contributed by atoms with Crippen molar-refractivity contribution in [2.45, 2.75) is 56.8 Å². The van der Waals surface area contributed by atoms with Crippen molar-refractivity contribution in [3.8, 4) is 0 Å². The van der Waals surface area contributed by atoms with Gasteiger partial charge in [-0.2, -0.15) is 8.42 Å². The lowest BCUT2D eigenvalue weighted by Crippen LogP contribution is -2.32. The molecule has 170 valence electrons. The Kier molecular flexibility index (Phi) is 18.3. The molecule has 3 N–H and O–H groups in total. The van der Waals surface area contributed by atoms with E-state index in [4.69, 9.17) is 19.5 Å². The summed E-state index contributed by atoms with van der Waals surface area (Å²) in [5.74, 6) is 0. The van der Waals surface area contributed by atoms with Gasteiger partial charge in [0.25, 0.3) is 10.1 Å². The maximum Gasteiger partial charge on any atom is 0.296 e. The molecule has 29 heavy (non-hydrogen) atoms. The highest BCUT2D eigenvalue weighted by molar-refractivity contribution is 7.86. The zero-order chi connectivity index (χ0) is 21.8. The lowest BCUT2D eigenvalue weighted by molar-refractivity contribution is 0.136. The zero-order valence-corrected chi connectivity index (χ0v) is 18.5. The molecule has 0 radical (unpaired) electrons. The second-order valence-electron chi connectivity index (χ2n) is 6.72. The summed E-state index contributed by atoms with van der Waals surface area (Å²) in [6, 6.07) is 8.30. The van der Waals surface area contributed by atoms with Crippen molar-refractivity contribution in [3.63, 3.8) is 0 Å². The largest absolute Gasteiger partial charge is 0.395 e. The maximum absolute atomic E-state index is 11.8. The van der Waals surface area contributed by atoms with Gasteiger partial charge in [-0.1, -0.05) is 63.6 Å². The smallest absolute Gasteiger partial charge is 0.296 e. The molecule has 1 aromatic carbocycles. The lowest BCUT2D eigenvalue weighted by Gasteiger charge is -2.17. The van der Waals surface area contributed by atoms with Crippen molar-refractivity contribution in [1.29, 1.82) is 0 Å². The second-order valence-corrected chi connectivity index (χ2v) is 8.34. The molecule has 0 aliphatic carbocycles. The highest BCUT2D eigenvalue weighted by Crippen LogP contribution is 2.13. The van der Waals surface area contributed by atoms with E-state index in [0.29, 0.717) is 19.6 Å². The van der Waals surface area contributed by atoms with Gasteiger partial charge in [-0.15, -0.1) is 0 Å². The van der Waals surface area contributed by atoms with E-state index >= 15 is 0 Å². The third-order valence-electron chi connectivity index (χ3n) is 4.27. The summed E-state index contributed by atoms with van der Waals surface area (Å²) >= 11 is 0. The van der Waals surface area contributed by atoms with Gasteiger partial charge < -0.3 is 15.3 Å². The van der Waals surface area contributed by atoms with Crippen LogP contribution in [0, 0.1) is 0 Å². The normalized spacial score (nSPS) is 11.3. The topological polar surface area (TPSA) is 107 Å². The maximum atomic E-state index is 11.8. The van der Waals surface area contributed by atoms with Gasteiger partial charge >= 0.3 is 0 Å². The average molecular weight is 434 g/mol. The van der Waals surface area contributed by atoms with Crippen molar-refractivity contribution in [3.05, 3.63) is 30.3 Å². The quantitative estimate of drug-likeness (QED) is 0.271. The Morgan fingerprint density at radius 1 is 0.793 bits per heavy atom.